The molecule has 0 aliphatic rings. The van der Waals surface area contributed by atoms with E-state index in [0.29, 0.717) is 0 Å². The van der Waals surface area contributed by atoms with Gasteiger partial charge in [-0.3, -0.25) is 5.32 Å². The molecule has 118 valence electrons. The molecule has 0 aliphatic heterocycles. The normalized spacial score (nSPS) is 12.7. The third kappa shape index (κ3) is 4.05. The van der Waals surface area contributed by atoms with E-state index in [2.05, 4.69) is 5.32 Å². The average Bonchev–Trinajstić information content (AvgIpc) is 3.11. The molecule has 0 amide bonds. The van der Waals surface area contributed by atoms with Crippen molar-refractivity contribution in [2.75, 3.05) is 0 Å². The molecule has 1 heterocycles. The van der Waals surface area contributed by atoms with Gasteiger partial charge in [0.25, 0.3) is 0 Å². The molecule has 23 heavy (non-hydrogen) atoms. The summed E-state index contributed by atoms with van der Waals surface area (Å²) in [6, 6.07) is 23.9. The Morgan fingerprint density at radius 1 is 0.783 bits per heavy atom. The number of hydrogen-bond acceptors (Lipinski definition) is 4. The van der Waals surface area contributed by atoms with Crippen molar-refractivity contribution in [3.05, 3.63) is 94.2 Å². The zero-order chi connectivity index (χ0) is 16.1. The molecule has 1 unspecified atom stereocenters. The quantitative estimate of drug-likeness (QED) is 0.581. The van der Waals surface area contributed by atoms with Crippen LogP contribution in [0.1, 0.15) is 27.8 Å². The van der Waals surface area contributed by atoms with E-state index in [-0.39, 0.29) is 6.04 Å². The molecule has 0 saturated heterocycles. The predicted octanol–water partition coefficient (Wildman–Crippen LogP) is 4.42. The van der Waals surface area contributed by atoms with Gasteiger partial charge in [-0.05, 0) is 22.6 Å². The molecule has 0 fully saturated rings. The Morgan fingerprint density at radius 2 is 1.35 bits per heavy atom. The maximum absolute atomic E-state index is 9.89. The van der Waals surface area contributed by atoms with E-state index in [0.717, 1.165) is 16.0 Å². The van der Waals surface area contributed by atoms with Crippen LogP contribution in [0.15, 0.2) is 78.2 Å². The van der Waals surface area contributed by atoms with E-state index in [4.69, 9.17) is 0 Å². The molecule has 0 saturated carbocycles. The Morgan fingerprint density at radius 3 is 1.78 bits per heavy atom. The summed E-state index contributed by atoms with van der Waals surface area (Å²) in [5.74, 6) is -0.476. The third-order valence-corrected chi connectivity index (χ3v) is 5.63. The molecule has 3 rings (SSSR count). The smallest absolute Gasteiger partial charge is 0.189 e. The highest BCUT2D eigenvalue weighted by atomic mass is 32.1. The Labute approximate surface area is 141 Å². The van der Waals surface area contributed by atoms with E-state index in [1.54, 1.807) is 0 Å². The van der Waals surface area contributed by atoms with Gasteiger partial charge in [-0.1, -0.05) is 66.7 Å². The first-order chi connectivity index (χ1) is 11.3. The summed E-state index contributed by atoms with van der Waals surface area (Å²) in [6.07, 6.45) is 0. The highest BCUT2D eigenvalue weighted by Crippen LogP contribution is 2.45. The minimum Gasteiger partial charge on any atom is -0.349 e. The van der Waals surface area contributed by atoms with Gasteiger partial charge in [-0.15, -0.1) is 11.3 Å². The van der Waals surface area contributed by atoms with Gasteiger partial charge in [0.2, 0.25) is 0 Å². The number of hydrogen-bond donors (Lipinski definition) is 3. The van der Waals surface area contributed by atoms with Crippen LogP contribution in [-0.4, -0.2) is 9.79 Å². The molecule has 0 aliphatic carbocycles. The minimum absolute atomic E-state index is 0.103. The Hall–Kier alpha value is -1.55. The first-order valence-electron chi connectivity index (χ1n) is 7.32. The summed E-state index contributed by atoms with van der Waals surface area (Å²) in [6.45, 7) is 0. The van der Waals surface area contributed by atoms with Crippen molar-refractivity contribution in [2.24, 2.45) is 0 Å². The van der Waals surface area contributed by atoms with Crippen LogP contribution in [0.5, 0.6) is 0 Å². The summed E-state index contributed by atoms with van der Waals surface area (Å²) in [7, 11) is -2.13. The topological polar surface area (TPSA) is 52.5 Å². The first kappa shape index (κ1) is 16.3. The molecule has 3 nitrogen and oxygen atoms in total. The third-order valence-electron chi connectivity index (χ3n) is 3.63. The molecule has 0 bridgehead atoms. The van der Waals surface area contributed by atoms with Gasteiger partial charge in [0.1, 0.15) is 5.78 Å². The van der Waals surface area contributed by atoms with E-state index < -0.39 is 14.2 Å². The minimum atomic E-state index is -2.13. The number of thiophene rings is 1. The van der Waals surface area contributed by atoms with E-state index in [1.165, 1.54) is 11.3 Å². The largest absolute Gasteiger partial charge is 0.349 e. The van der Waals surface area contributed by atoms with Crippen molar-refractivity contribution in [2.45, 2.75) is 11.8 Å². The second-order valence-corrected chi connectivity index (χ2v) is 7.30. The Balaban J connectivity index is 1.95. The van der Waals surface area contributed by atoms with Crippen LogP contribution < -0.4 is 5.32 Å². The summed E-state index contributed by atoms with van der Waals surface area (Å²) in [5, 5.41) is 5.38. The van der Waals surface area contributed by atoms with Crippen molar-refractivity contribution in [3.8, 4) is 0 Å². The molecule has 5 heteroatoms. The van der Waals surface area contributed by atoms with Gasteiger partial charge in [-0.25, -0.2) is 0 Å². The highest BCUT2D eigenvalue weighted by Gasteiger charge is 2.26. The Bertz CT molecular complexity index is 665. The maximum Gasteiger partial charge on any atom is 0.189 e. The van der Waals surface area contributed by atoms with Gasteiger partial charge in [0.15, 0.2) is 8.38 Å². The molecule has 1 aromatic heterocycles. The lowest BCUT2D eigenvalue weighted by Crippen LogP contribution is -2.26. The van der Waals surface area contributed by atoms with Crippen LogP contribution in [0.3, 0.4) is 0 Å². The SMILES string of the molecule is OP(O)C(NC(c1ccccc1)c1ccccc1)c1cccs1. The summed E-state index contributed by atoms with van der Waals surface area (Å²) >= 11 is 1.53. The highest BCUT2D eigenvalue weighted by molar-refractivity contribution is 7.46. The lowest BCUT2D eigenvalue weighted by molar-refractivity contribution is 0.440. The van der Waals surface area contributed by atoms with Gasteiger partial charge in [0, 0.05) is 4.88 Å². The summed E-state index contributed by atoms with van der Waals surface area (Å²) in [5.41, 5.74) is 2.19. The van der Waals surface area contributed by atoms with Gasteiger partial charge in [-0.2, -0.15) is 0 Å². The number of nitrogens with one attached hydrogen (secondary N) is 1. The molecule has 0 radical (unpaired) electrons. The van der Waals surface area contributed by atoms with Gasteiger partial charge in [0.05, 0.1) is 6.04 Å². The van der Waals surface area contributed by atoms with Crippen LogP contribution >= 0.6 is 19.7 Å². The zero-order valence-electron chi connectivity index (χ0n) is 12.4. The van der Waals surface area contributed by atoms with Crippen LogP contribution in [0.2, 0.25) is 0 Å². The van der Waals surface area contributed by atoms with Crippen molar-refractivity contribution in [1.29, 1.82) is 0 Å². The molecule has 3 aromatic rings. The van der Waals surface area contributed by atoms with E-state index in [1.807, 2.05) is 78.2 Å². The lowest BCUT2D eigenvalue weighted by Gasteiger charge is -2.26. The monoisotopic (exact) mass is 343 g/mol. The van der Waals surface area contributed by atoms with Crippen molar-refractivity contribution in [3.63, 3.8) is 0 Å². The van der Waals surface area contributed by atoms with E-state index in [9.17, 15) is 9.79 Å². The fourth-order valence-electron chi connectivity index (χ4n) is 2.54. The first-order valence-corrected chi connectivity index (χ1v) is 9.51. The van der Waals surface area contributed by atoms with Crippen molar-refractivity contribution < 1.29 is 9.79 Å². The molecule has 1 atom stereocenters. The molecule has 0 spiro atoms. The second-order valence-electron chi connectivity index (χ2n) is 5.16. The standard InChI is InChI=1S/C18H18NO2PS/c20-22(21)18(16-12-7-13-23-16)19-17(14-8-3-1-4-9-14)15-10-5-2-6-11-15/h1-13,17-21H. The molecular weight excluding hydrogens is 325 g/mol. The maximum atomic E-state index is 9.89. The van der Waals surface area contributed by atoms with Gasteiger partial charge >= 0.3 is 0 Å². The molecular formula is C18H18NO2PS. The average molecular weight is 343 g/mol. The Kier molecular flexibility index (Phi) is 5.55. The predicted molar refractivity (Wildman–Crippen MR) is 96.3 cm³/mol. The second kappa shape index (κ2) is 7.82. The van der Waals surface area contributed by atoms with Crippen molar-refractivity contribution >= 4 is 19.7 Å². The van der Waals surface area contributed by atoms with Crippen LogP contribution in [0.4, 0.5) is 0 Å². The number of benzene rings is 2. The van der Waals surface area contributed by atoms with Crippen LogP contribution in [0.25, 0.3) is 0 Å². The van der Waals surface area contributed by atoms with E-state index >= 15 is 0 Å². The zero-order valence-corrected chi connectivity index (χ0v) is 14.1. The van der Waals surface area contributed by atoms with Crippen molar-refractivity contribution in [1.82, 2.24) is 5.32 Å². The molecule has 3 N–H and O–H groups in total. The van der Waals surface area contributed by atoms with Gasteiger partial charge < -0.3 is 9.79 Å². The van der Waals surface area contributed by atoms with Crippen LogP contribution in [-0.2, 0) is 0 Å². The van der Waals surface area contributed by atoms with Crippen LogP contribution in [0, 0.1) is 0 Å². The fraction of sp³-hybridized carbons (Fsp3) is 0.111. The summed E-state index contributed by atoms with van der Waals surface area (Å²) < 4.78 is 0. The summed E-state index contributed by atoms with van der Waals surface area (Å²) in [4.78, 5) is 20.7. The number of rotatable bonds is 6. The lowest BCUT2D eigenvalue weighted by atomic mass is 9.99. The fourth-order valence-corrected chi connectivity index (χ4v) is 4.27. The molecule has 2 aromatic carbocycles.